The smallest absolute Gasteiger partial charge is 0.307 e. The van der Waals surface area contributed by atoms with Crippen LogP contribution in [0.3, 0.4) is 0 Å². The van der Waals surface area contributed by atoms with Crippen LogP contribution in [-0.2, 0) is 24.1 Å². The minimum atomic E-state index is -0.867. The van der Waals surface area contributed by atoms with Crippen molar-refractivity contribution in [3.05, 3.63) is 47.3 Å². The maximum atomic E-state index is 10.6. The first-order chi connectivity index (χ1) is 9.22. The molecule has 0 radical (unpaired) electrons. The van der Waals surface area contributed by atoms with Gasteiger partial charge in [-0.3, -0.25) is 4.79 Å². The molecule has 4 nitrogen and oxygen atoms in total. The predicted molar refractivity (Wildman–Crippen MR) is 70.8 cm³/mol. The van der Waals surface area contributed by atoms with Crippen molar-refractivity contribution in [1.29, 1.82) is 0 Å². The Labute approximate surface area is 111 Å². The number of nitrogens with zero attached hydrogens (tertiary/aromatic N) is 2. The Kier molecular flexibility index (Phi) is 2.99. The van der Waals surface area contributed by atoms with Crippen LogP contribution in [0.4, 0.5) is 0 Å². The molecule has 0 aliphatic heterocycles. The third kappa shape index (κ3) is 2.47. The van der Waals surface area contributed by atoms with Crippen molar-refractivity contribution in [3.8, 4) is 11.4 Å². The molecule has 1 N–H and O–H groups in total. The van der Waals surface area contributed by atoms with Gasteiger partial charge in [0.2, 0.25) is 0 Å². The molecular weight excluding hydrogens is 240 g/mol. The Morgan fingerprint density at radius 1 is 1.16 bits per heavy atom. The molecule has 0 amide bonds. The molecule has 0 fully saturated rings. The highest BCUT2D eigenvalue weighted by Crippen LogP contribution is 2.26. The van der Waals surface area contributed by atoms with Crippen molar-refractivity contribution in [2.45, 2.75) is 25.7 Å². The number of aromatic nitrogens is 2. The van der Waals surface area contributed by atoms with Gasteiger partial charge in [-0.05, 0) is 42.0 Å². The molecule has 2 aromatic rings. The quantitative estimate of drug-likeness (QED) is 0.912. The highest BCUT2D eigenvalue weighted by molar-refractivity contribution is 5.70. The molecule has 1 aliphatic carbocycles. The van der Waals surface area contributed by atoms with Crippen molar-refractivity contribution in [3.63, 3.8) is 0 Å². The average Bonchev–Trinajstić information content (AvgIpc) is 2.86. The van der Waals surface area contributed by atoms with Gasteiger partial charge in [-0.1, -0.05) is 12.1 Å². The van der Waals surface area contributed by atoms with Gasteiger partial charge in [0.25, 0.3) is 0 Å². The van der Waals surface area contributed by atoms with E-state index in [0.29, 0.717) is 11.4 Å². The minimum Gasteiger partial charge on any atom is -0.481 e. The second-order valence-electron chi connectivity index (χ2n) is 4.82. The normalized spacial score (nSPS) is 13.3. The summed E-state index contributed by atoms with van der Waals surface area (Å²) in [6.07, 6.45) is 6.64. The molecule has 0 bridgehead atoms. The lowest BCUT2D eigenvalue weighted by molar-refractivity contribution is -0.136. The molecule has 4 heteroatoms. The highest BCUT2D eigenvalue weighted by atomic mass is 16.4. The SMILES string of the molecule is O=C(O)Cc1cnc(-c2ccc3c(c2)CCC3)nc1. The Hall–Kier alpha value is -2.23. The molecule has 1 aromatic carbocycles. The van der Waals surface area contributed by atoms with E-state index in [9.17, 15) is 4.79 Å². The number of hydrogen-bond acceptors (Lipinski definition) is 3. The van der Waals surface area contributed by atoms with Crippen LogP contribution in [0.1, 0.15) is 23.1 Å². The number of fused-ring (bicyclic) bond motifs is 1. The number of hydrogen-bond donors (Lipinski definition) is 1. The summed E-state index contributed by atoms with van der Waals surface area (Å²) in [6, 6.07) is 6.33. The topological polar surface area (TPSA) is 63.1 Å². The zero-order valence-electron chi connectivity index (χ0n) is 10.5. The van der Waals surface area contributed by atoms with Crippen LogP contribution in [0.15, 0.2) is 30.6 Å². The highest BCUT2D eigenvalue weighted by Gasteiger charge is 2.12. The molecule has 0 saturated heterocycles. The molecular formula is C15H14N2O2. The lowest BCUT2D eigenvalue weighted by atomic mass is 10.1. The Morgan fingerprint density at radius 3 is 2.63 bits per heavy atom. The van der Waals surface area contributed by atoms with E-state index < -0.39 is 5.97 Å². The van der Waals surface area contributed by atoms with E-state index in [1.54, 1.807) is 12.4 Å². The number of aryl methyl sites for hydroxylation is 2. The van der Waals surface area contributed by atoms with Gasteiger partial charge in [0, 0.05) is 18.0 Å². The van der Waals surface area contributed by atoms with Crippen molar-refractivity contribution in [1.82, 2.24) is 9.97 Å². The predicted octanol–water partition coefficient (Wildman–Crippen LogP) is 2.26. The maximum Gasteiger partial charge on any atom is 0.307 e. The molecule has 19 heavy (non-hydrogen) atoms. The van der Waals surface area contributed by atoms with E-state index in [0.717, 1.165) is 18.4 Å². The molecule has 3 rings (SSSR count). The van der Waals surface area contributed by atoms with Crippen LogP contribution < -0.4 is 0 Å². The first-order valence-corrected chi connectivity index (χ1v) is 6.37. The summed E-state index contributed by atoms with van der Waals surface area (Å²) in [4.78, 5) is 19.1. The molecule has 96 valence electrons. The van der Waals surface area contributed by atoms with E-state index in [1.807, 2.05) is 6.07 Å². The summed E-state index contributed by atoms with van der Waals surface area (Å²) >= 11 is 0. The van der Waals surface area contributed by atoms with Crippen molar-refractivity contribution >= 4 is 5.97 Å². The van der Waals surface area contributed by atoms with Gasteiger partial charge in [-0.2, -0.15) is 0 Å². The summed E-state index contributed by atoms with van der Waals surface area (Å²) in [6.45, 7) is 0. The molecule has 0 atom stereocenters. The lowest BCUT2D eigenvalue weighted by Crippen LogP contribution is -2.01. The van der Waals surface area contributed by atoms with Crippen LogP contribution in [0.5, 0.6) is 0 Å². The fourth-order valence-electron chi connectivity index (χ4n) is 2.48. The van der Waals surface area contributed by atoms with Crippen LogP contribution in [0.2, 0.25) is 0 Å². The average molecular weight is 254 g/mol. The third-order valence-corrected chi connectivity index (χ3v) is 3.42. The standard InChI is InChI=1S/C15H14N2O2/c18-14(19)6-10-8-16-15(17-9-10)13-5-4-11-2-1-3-12(11)7-13/h4-5,7-9H,1-3,6H2,(H,18,19). The van der Waals surface area contributed by atoms with E-state index in [-0.39, 0.29) is 6.42 Å². The first kappa shape index (κ1) is 11.8. The van der Waals surface area contributed by atoms with Gasteiger partial charge >= 0.3 is 5.97 Å². The van der Waals surface area contributed by atoms with Crippen LogP contribution in [0, 0.1) is 0 Å². The second-order valence-corrected chi connectivity index (χ2v) is 4.82. The van der Waals surface area contributed by atoms with E-state index in [4.69, 9.17) is 5.11 Å². The van der Waals surface area contributed by atoms with Crippen LogP contribution in [-0.4, -0.2) is 21.0 Å². The summed E-state index contributed by atoms with van der Waals surface area (Å²) < 4.78 is 0. The summed E-state index contributed by atoms with van der Waals surface area (Å²) in [5.74, 6) is -0.210. The molecule has 0 unspecified atom stereocenters. The summed E-state index contributed by atoms with van der Waals surface area (Å²) in [5.41, 5.74) is 4.43. The monoisotopic (exact) mass is 254 g/mol. The lowest BCUT2D eigenvalue weighted by Gasteiger charge is -2.04. The third-order valence-electron chi connectivity index (χ3n) is 3.42. The number of carboxylic acids is 1. The zero-order chi connectivity index (χ0) is 13.2. The summed E-state index contributed by atoms with van der Waals surface area (Å²) in [5, 5.41) is 8.70. The van der Waals surface area contributed by atoms with Crippen LogP contribution in [0.25, 0.3) is 11.4 Å². The van der Waals surface area contributed by atoms with Gasteiger partial charge < -0.3 is 5.11 Å². The van der Waals surface area contributed by atoms with Gasteiger partial charge in [-0.15, -0.1) is 0 Å². The number of carbonyl (C=O) groups is 1. The zero-order valence-corrected chi connectivity index (χ0v) is 10.5. The largest absolute Gasteiger partial charge is 0.481 e. The van der Waals surface area contributed by atoms with Crippen molar-refractivity contribution in [2.75, 3.05) is 0 Å². The van der Waals surface area contributed by atoms with Crippen molar-refractivity contribution in [2.24, 2.45) is 0 Å². The van der Waals surface area contributed by atoms with E-state index >= 15 is 0 Å². The van der Waals surface area contributed by atoms with Gasteiger partial charge in [0.15, 0.2) is 5.82 Å². The Balaban J connectivity index is 1.88. The van der Waals surface area contributed by atoms with E-state index in [1.165, 1.54) is 17.5 Å². The molecule has 1 aliphatic rings. The minimum absolute atomic E-state index is 0.0372. The van der Waals surface area contributed by atoms with E-state index in [2.05, 4.69) is 22.1 Å². The number of aliphatic carboxylic acids is 1. The van der Waals surface area contributed by atoms with Crippen molar-refractivity contribution < 1.29 is 9.90 Å². The van der Waals surface area contributed by atoms with Gasteiger partial charge in [-0.25, -0.2) is 9.97 Å². The number of benzene rings is 1. The maximum absolute atomic E-state index is 10.6. The molecule has 0 saturated carbocycles. The Morgan fingerprint density at radius 2 is 1.89 bits per heavy atom. The number of carboxylic acid groups (broad SMARTS) is 1. The van der Waals surface area contributed by atoms with Gasteiger partial charge in [0.05, 0.1) is 6.42 Å². The summed E-state index contributed by atoms with van der Waals surface area (Å²) in [7, 11) is 0. The first-order valence-electron chi connectivity index (χ1n) is 6.37. The molecule has 1 heterocycles. The molecule has 0 spiro atoms. The fourth-order valence-corrected chi connectivity index (χ4v) is 2.48. The van der Waals surface area contributed by atoms with Crippen LogP contribution >= 0.6 is 0 Å². The fraction of sp³-hybridized carbons (Fsp3) is 0.267. The number of rotatable bonds is 3. The Bertz CT molecular complexity index is 621. The second kappa shape index (κ2) is 4.80. The van der Waals surface area contributed by atoms with Gasteiger partial charge in [0.1, 0.15) is 0 Å². The molecule has 1 aromatic heterocycles.